The smallest absolute Gasteiger partial charge is 0.334 e. The van der Waals surface area contributed by atoms with Crippen molar-refractivity contribution in [2.45, 2.75) is 212 Å². The Morgan fingerprint density at radius 2 is 1.49 bits per heavy atom. The minimum atomic E-state index is -2.25. The first-order valence-electron chi connectivity index (χ1n) is 24.7. The molecule has 0 aromatic heterocycles. The molecule has 4 aliphatic rings. The van der Waals surface area contributed by atoms with Gasteiger partial charge in [0.05, 0.1) is 37.1 Å². The minimum Gasteiger partial charge on any atom is -0.497 e. The topological polar surface area (TPSA) is 242 Å². The van der Waals surface area contributed by atoms with Crippen LogP contribution in [-0.2, 0) is 47.4 Å². The molecule has 0 aromatic carbocycles. The summed E-state index contributed by atoms with van der Waals surface area (Å²) >= 11 is 0. The third-order valence-electron chi connectivity index (χ3n) is 14.4. The molecule has 4 heterocycles. The normalized spacial score (nSPS) is 45.4. The predicted molar refractivity (Wildman–Crippen MR) is 261 cm³/mol. The molecule has 4 rings (SSSR count). The predicted octanol–water partition coefficient (Wildman–Crippen LogP) is 4.99. The average Bonchev–Trinajstić information content (AvgIpc) is 3.28. The number of aliphatic hydroxyl groups excluding tert-OH is 5. The zero-order valence-electron chi connectivity index (χ0n) is 44.2. The zero-order chi connectivity index (χ0) is 52.6. The van der Waals surface area contributed by atoms with Crippen LogP contribution in [0.4, 0.5) is 0 Å². The number of aliphatic hydroxyl groups is 7. The standard InChI is InChI=1S/C53H86O17/c1-28-18-19-29(2)25-39(35(8)53(61)48(64-15)47(58)52(12,40(69-53)17-16-20-62-13)70-41-27-51(11,60)46(57)37(10)65-41)67-49(59)34(7)26-38(63-14)24-31(4)23-33(6)45(32(5)22-30(3)21-28)68-50-44(56)43(55)42(54)36(9)66-50/h18,21-24,26,29,33,35-37,39-48,50,54-58,60-61H,16-17,19-20,25,27H2,1-15H3/b28-18+,30-21+,31-23+,32-22?,34-26+,38-24-. The molecule has 3 fully saturated rings. The van der Waals surface area contributed by atoms with Crippen molar-refractivity contribution < 1.29 is 83.2 Å². The number of methoxy groups -OCH3 is 3. The van der Waals surface area contributed by atoms with Gasteiger partial charge in [0.2, 0.25) is 5.79 Å². The Balaban J connectivity index is 1.75. The van der Waals surface area contributed by atoms with E-state index in [1.807, 2.05) is 59.8 Å². The van der Waals surface area contributed by atoms with Gasteiger partial charge < -0.3 is 78.4 Å². The van der Waals surface area contributed by atoms with Crippen LogP contribution in [0.5, 0.6) is 0 Å². The van der Waals surface area contributed by atoms with Gasteiger partial charge in [-0.05, 0) is 112 Å². The quantitative estimate of drug-likeness (QED) is 0.101. The van der Waals surface area contributed by atoms with Crippen molar-refractivity contribution in [1.82, 2.24) is 0 Å². The fourth-order valence-electron chi connectivity index (χ4n) is 10.1. The van der Waals surface area contributed by atoms with Crippen LogP contribution in [0.25, 0.3) is 0 Å². The van der Waals surface area contributed by atoms with Crippen molar-refractivity contribution >= 4 is 5.97 Å². The van der Waals surface area contributed by atoms with E-state index in [0.29, 0.717) is 25.2 Å². The molecule has 4 aliphatic heterocycles. The zero-order valence-corrected chi connectivity index (χ0v) is 44.2. The number of hydrogen-bond acceptors (Lipinski definition) is 17. The second kappa shape index (κ2) is 25.4. The lowest BCUT2D eigenvalue weighted by molar-refractivity contribution is -0.416. The number of esters is 1. The Bertz CT molecular complexity index is 1920. The van der Waals surface area contributed by atoms with Gasteiger partial charge in [0.25, 0.3) is 0 Å². The first-order valence-corrected chi connectivity index (χ1v) is 24.7. The van der Waals surface area contributed by atoms with E-state index >= 15 is 0 Å². The molecule has 19 atom stereocenters. The lowest BCUT2D eigenvalue weighted by atomic mass is 9.74. The second-order valence-electron chi connectivity index (χ2n) is 20.8. The molecular weight excluding hydrogens is 909 g/mol. The van der Waals surface area contributed by atoms with Crippen LogP contribution in [0.15, 0.2) is 70.1 Å². The van der Waals surface area contributed by atoms with Crippen LogP contribution in [-0.4, -0.2) is 166 Å². The Labute approximate surface area is 415 Å². The lowest BCUT2D eigenvalue weighted by Crippen LogP contribution is -2.74. The van der Waals surface area contributed by atoms with E-state index in [1.54, 1.807) is 53.9 Å². The van der Waals surface area contributed by atoms with Crippen molar-refractivity contribution in [2.75, 3.05) is 27.9 Å². The van der Waals surface area contributed by atoms with Crippen LogP contribution in [0, 0.1) is 17.8 Å². The largest absolute Gasteiger partial charge is 0.497 e. The van der Waals surface area contributed by atoms with Gasteiger partial charge in [-0.25, -0.2) is 4.79 Å². The van der Waals surface area contributed by atoms with E-state index in [2.05, 4.69) is 6.08 Å². The Morgan fingerprint density at radius 1 is 0.814 bits per heavy atom. The second-order valence-corrected chi connectivity index (χ2v) is 20.8. The van der Waals surface area contributed by atoms with Gasteiger partial charge in [-0.2, -0.15) is 0 Å². The molecule has 3 saturated heterocycles. The Kier molecular flexibility index (Phi) is 21.7. The number of allylic oxidation sites excluding steroid dienone is 8. The third kappa shape index (κ3) is 14.5. The Hall–Kier alpha value is -2.85. The van der Waals surface area contributed by atoms with Crippen LogP contribution < -0.4 is 0 Å². The van der Waals surface area contributed by atoms with Crippen molar-refractivity contribution in [3.8, 4) is 0 Å². The minimum absolute atomic E-state index is 0.113. The van der Waals surface area contributed by atoms with Gasteiger partial charge in [-0.15, -0.1) is 0 Å². The molecule has 0 spiro atoms. The van der Waals surface area contributed by atoms with Crippen LogP contribution >= 0.6 is 0 Å². The molecule has 0 radical (unpaired) electrons. The Morgan fingerprint density at radius 3 is 2.10 bits per heavy atom. The van der Waals surface area contributed by atoms with E-state index in [4.69, 9.17) is 42.6 Å². The highest BCUT2D eigenvalue weighted by atomic mass is 16.7. The molecule has 400 valence electrons. The van der Waals surface area contributed by atoms with Crippen molar-refractivity contribution in [3.63, 3.8) is 0 Å². The third-order valence-corrected chi connectivity index (χ3v) is 14.4. The monoisotopic (exact) mass is 995 g/mol. The van der Waals surface area contributed by atoms with Gasteiger partial charge in [0.15, 0.2) is 12.6 Å². The van der Waals surface area contributed by atoms with Crippen molar-refractivity contribution in [1.29, 1.82) is 0 Å². The molecular formula is C53H86O17. The molecule has 17 nitrogen and oxygen atoms in total. The average molecular weight is 995 g/mol. The molecule has 0 amide bonds. The number of cyclic esters (lactones) is 1. The van der Waals surface area contributed by atoms with Gasteiger partial charge in [0.1, 0.15) is 54.1 Å². The summed E-state index contributed by atoms with van der Waals surface area (Å²) in [7, 11) is 4.38. The molecule has 17 heteroatoms. The summed E-state index contributed by atoms with van der Waals surface area (Å²) < 4.78 is 54.9. The first-order chi connectivity index (χ1) is 32.6. The fourth-order valence-corrected chi connectivity index (χ4v) is 10.1. The van der Waals surface area contributed by atoms with Crippen molar-refractivity contribution in [2.24, 2.45) is 17.8 Å². The summed E-state index contributed by atoms with van der Waals surface area (Å²) in [4.78, 5) is 14.2. The maximum atomic E-state index is 14.2. The van der Waals surface area contributed by atoms with Crippen LogP contribution in [0.1, 0.15) is 115 Å². The molecule has 19 unspecified atom stereocenters. The molecule has 0 aliphatic carbocycles. The molecule has 0 bridgehead atoms. The molecule has 70 heavy (non-hydrogen) atoms. The summed E-state index contributed by atoms with van der Waals surface area (Å²) in [6, 6.07) is 0. The van der Waals surface area contributed by atoms with E-state index < -0.39 is 109 Å². The van der Waals surface area contributed by atoms with E-state index in [1.165, 1.54) is 21.1 Å². The highest BCUT2D eigenvalue weighted by Gasteiger charge is 2.64. The van der Waals surface area contributed by atoms with Gasteiger partial charge in [-0.3, -0.25) is 0 Å². The summed E-state index contributed by atoms with van der Waals surface area (Å²) in [5.41, 5.74) is 0.500. The number of carbonyl (C=O) groups is 1. The number of carbonyl (C=O) groups excluding carboxylic acids is 1. The molecule has 0 aromatic rings. The van der Waals surface area contributed by atoms with Gasteiger partial charge in [0, 0.05) is 44.7 Å². The van der Waals surface area contributed by atoms with E-state index in [-0.39, 0.29) is 36.7 Å². The highest BCUT2D eigenvalue weighted by Crippen LogP contribution is 2.47. The number of ether oxygens (including phenoxy) is 9. The maximum absolute atomic E-state index is 14.2. The maximum Gasteiger partial charge on any atom is 0.334 e. The summed E-state index contributed by atoms with van der Waals surface area (Å²) in [6.07, 6.45) is -2.14. The SMILES string of the molecule is COCCCC1OC(O)(C(C)C2CC(C)C/C=C(C)/C=C(\C)C=C(C)C(OC3OC(C)C(O)C(O)C3O)C(C)/C=C(C)/C=C(OC)/C=C(\C)C(=O)O2)C(OC)C(O)C1(C)OC1CC(C)(O)C(O)C(C)O1. The van der Waals surface area contributed by atoms with Gasteiger partial charge in [-0.1, -0.05) is 61.8 Å². The first kappa shape index (κ1) is 59.7. The van der Waals surface area contributed by atoms with Crippen molar-refractivity contribution in [3.05, 3.63) is 70.1 Å². The van der Waals surface area contributed by atoms with Crippen LogP contribution in [0.3, 0.4) is 0 Å². The summed E-state index contributed by atoms with van der Waals surface area (Å²) in [6.45, 7) is 21.7. The lowest BCUT2D eigenvalue weighted by Gasteiger charge is -2.57. The molecule has 0 saturated carbocycles. The number of rotatable bonds is 12. The van der Waals surface area contributed by atoms with E-state index in [9.17, 15) is 40.5 Å². The molecule has 7 N–H and O–H groups in total. The summed E-state index contributed by atoms with van der Waals surface area (Å²) in [5, 5.41) is 78.7. The van der Waals surface area contributed by atoms with Gasteiger partial charge >= 0.3 is 5.97 Å². The highest BCUT2D eigenvalue weighted by molar-refractivity contribution is 5.88. The number of hydrogen-bond donors (Lipinski definition) is 7. The summed E-state index contributed by atoms with van der Waals surface area (Å²) in [5.74, 6) is -4.04. The van der Waals surface area contributed by atoms with E-state index in [0.717, 1.165) is 22.3 Å². The van der Waals surface area contributed by atoms with Crippen LogP contribution in [0.2, 0.25) is 0 Å². The fraction of sp³-hybridized carbons (Fsp3) is 0.755.